The summed E-state index contributed by atoms with van der Waals surface area (Å²) in [4.78, 5) is 24.1. The third-order valence-corrected chi connectivity index (χ3v) is 3.99. The summed E-state index contributed by atoms with van der Waals surface area (Å²) in [6.07, 6.45) is -2.75. The normalized spacial score (nSPS) is 11.6. The number of carboxylic acids is 1. The van der Waals surface area contributed by atoms with E-state index in [1.54, 1.807) is 0 Å². The molecular weight excluding hydrogens is 410 g/mol. The van der Waals surface area contributed by atoms with E-state index < -0.39 is 18.2 Å². The van der Waals surface area contributed by atoms with Gasteiger partial charge in [-0.3, -0.25) is 4.79 Å². The Morgan fingerprint density at radius 1 is 1.07 bits per heavy atom. The maximum Gasteiger partial charge on any atom is 1.00 e. The first-order chi connectivity index (χ1) is 13.7. The van der Waals surface area contributed by atoms with Crippen molar-refractivity contribution in [3.63, 3.8) is 0 Å². The molecule has 0 saturated heterocycles. The number of amides is 1. The van der Waals surface area contributed by atoms with E-state index in [2.05, 4.69) is 10.3 Å². The number of nitrogens with two attached hydrogens (primary N) is 1. The molecule has 154 valence electrons. The second kappa shape index (κ2) is 11.8. The minimum Gasteiger partial charge on any atom is -0.542 e. The largest absolute Gasteiger partial charge is 1.00 e. The molecular formula is C20H19F3N3NaO3. The number of fused-ring (bicyclic) bond motifs is 1. The molecule has 1 amide bonds. The van der Waals surface area contributed by atoms with E-state index in [-0.39, 0.29) is 35.5 Å². The number of benzene rings is 2. The topological polar surface area (TPSA) is 111 Å². The average molecular weight is 429 g/mol. The SMILES string of the molecule is N[C@@H](Cc1c[nH]c2ccccc12)C(=O)NCc1ccccc1.O=C([O-])C(F)(F)F.[Na+]. The number of carbonyl (C=O) groups is 2. The molecule has 3 rings (SSSR count). The Hall–Kier alpha value is -2.33. The average Bonchev–Trinajstić information content (AvgIpc) is 3.09. The number of rotatable bonds is 5. The van der Waals surface area contributed by atoms with Crippen LogP contribution in [0.15, 0.2) is 60.8 Å². The standard InChI is InChI=1S/C18H19N3O.C2HF3O2.Na/c19-16(18(22)21-11-13-6-2-1-3-7-13)10-14-12-20-17-9-5-4-8-15(14)17;3-2(4,5)1(6)7;/h1-9,12,16,20H,10-11,19H2,(H,21,22);(H,6,7);/q;;+1/p-1/t16-;;/m0../s1. The van der Waals surface area contributed by atoms with Crippen LogP contribution in [0.4, 0.5) is 13.2 Å². The second-order valence-electron chi connectivity index (χ2n) is 6.16. The van der Waals surface area contributed by atoms with Gasteiger partial charge in [0.25, 0.3) is 0 Å². The molecule has 2 aromatic carbocycles. The van der Waals surface area contributed by atoms with Gasteiger partial charge in [-0.2, -0.15) is 13.2 Å². The Balaban J connectivity index is 0.000000489. The minimum atomic E-state index is -5.19. The summed E-state index contributed by atoms with van der Waals surface area (Å²) >= 11 is 0. The van der Waals surface area contributed by atoms with Gasteiger partial charge in [-0.1, -0.05) is 48.5 Å². The van der Waals surface area contributed by atoms with Crippen molar-refractivity contribution in [1.82, 2.24) is 10.3 Å². The maximum absolute atomic E-state index is 12.1. The summed E-state index contributed by atoms with van der Waals surface area (Å²) in [5.41, 5.74) is 9.23. The summed E-state index contributed by atoms with van der Waals surface area (Å²) in [7, 11) is 0. The molecule has 0 bridgehead atoms. The number of H-pyrrole nitrogens is 1. The van der Waals surface area contributed by atoms with Gasteiger partial charge < -0.3 is 25.9 Å². The number of hydrogen-bond acceptors (Lipinski definition) is 4. The van der Waals surface area contributed by atoms with Crippen molar-refractivity contribution in [3.8, 4) is 0 Å². The zero-order chi connectivity index (χ0) is 21.4. The number of para-hydroxylation sites is 1. The van der Waals surface area contributed by atoms with Crippen molar-refractivity contribution in [3.05, 3.63) is 71.9 Å². The quantitative estimate of drug-likeness (QED) is 0.436. The number of aromatic amines is 1. The van der Waals surface area contributed by atoms with E-state index >= 15 is 0 Å². The van der Waals surface area contributed by atoms with Crippen molar-refractivity contribution in [1.29, 1.82) is 0 Å². The van der Waals surface area contributed by atoms with Crippen molar-refractivity contribution in [2.75, 3.05) is 0 Å². The molecule has 0 fully saturated rings. The molecule has 0 aliphatic carbocycles. The van der Waals surface area contributed by atoms with Gasteiger partial charge in [0.05, 0.1) is 6.04 Å². The van der Waals surface area contributed by atoms with Crippen LogP contribution in [0.3, 0.4) is 0 Å². The van der Waals surface area contributed by atoms with E-state index in [9.17, 15) is 18.0 Å². The first kappa shape index (κ1) is 25.7. The summed E-state index contributed by atoms with van der Waals surface area (Å²) in [6, 6.07) is 17.3. The molecule has 6 nitrogen and oxygen atoms in total. The molecule has 4 N–H and O–H groups in total. The van der Waals surface area contributed by atoms with Gasteiger partial charge >= 0.3 is 35.7 Å². The van der Waals surface area contributed by atoms with Crippen molar-refractivity contribution in [2.24, 2.45) is 5.73 Å². The smallest absolute Gasteiger partial charge is 0.542 e. The Kier molecular flexibility index (Phi) is 10.1. The fourth-order valence-electron chi connectivity index (χ4n) is 2.55. The van der Waals surface area contributed by atoms with Crippen LogP contribution in [0.5, 0.6) is 0 Å². The van der Waals surface area contributed by atoms with Gasteiger partial charge in [-0.05, 0) is 23.6 Å². The number of carbonyl (C=O) groups excluding carboxylic acids is 2. The van der Waals surface area contributed by atoms with E-state index in [4.69, 9.17) is 15.6 Å². The first-order valence-corrected chi connectivity index (χ1v) is 8.59. The fraction of sp³-hybridized carbons (Fsp3) is 0.200. The molecule has 0 spiro atoms. The monoisotopic (exact) mass is 429 g/mol. The summed E-state index contributed by atoms with van der Waals surface area (Å²) in [5, 5.41) is 12.8. The second-order valence-corrected chi connectivity index (χ2v) is 6.16. The van der Waals surface area contributed by atoms with Crippen LogP contribution < -0.4 is 45.7 Å². The molecule has 1 heterocycles. The fourth-order valence-corrected chi connectivity index (χ4v) is 2.55. The molecule has 1 atom stereocenters. The number of nitrogens with one attached hydrogen (secondary N) is 2. The van der Waals surface area contributed by atoms with E-state index in [0.717, 1.165) is 22.0 Å². The van der Waals surface area contributed by atoms with Crippen LogP contribution in [-0.4, -0.2) is 29.1 Å². The first-order valence-electron chi connectivity index (χ1n) is 8.59. The Morgan fingerprint density at radius 3 is 2.23 bits per heavy atom. The van der Waals surface area contributed by atoms with E-state index in [0.29, 0.717) is 13.0 Å². The molecule has 0 saturated carbocycles. The summed E-state index contributed by atoms with van der Waals surface area (Å²) in [5.74, 6) is -3.14. The molecule has 0 unspecified atom stereocenters. The van der Waals surface area contributed by atoms with Gasteiger partial charge in [-0.25, -0.2) is 0 Å². The van der Waals surface area contributed by atoms with Gasteiger partial charge in [0.15, 0.2) is 0 Å². The van der Waals surface area contributed by atoms with Crippen LogP contribution >= 0.6 is 0 Å². The third kappa shape index (κ3) is 7.83. The number of carboxylic acid groups (broad SMARTS) is 1. The molecule has 1 aromatic heterocycles. The zero-order valence-electron chi connectivity index (χ0n) is 16.2. The number of aliphatic carboxylic acids is 1. The number of alkyl halides is 3. The van der Waals surface area contributed by atoms with Gasteiger partial charge in [0, 0.05) is 23.6 Å². The Labute approximate surface area is 192 Å². The number of hydrogen-bond donors (Lipinski definition) is 3. The van der Waals surface area contributed by atoms with Crippen molar-refractivity contribution in [2.45, 2.75) is 25.2 Å². The van der Waals surface area contributed by atoms with Crippen molar-refractivity contribution < 1.29 is 57.4 Å². The van der Waals surface area contributed by atoms with Crippen LogP contribution in [0.1, 0.15) is 11.1 Å². The molecule has 10 heteroatoms. The molecule has 0 radical (unpaired) electrons. The van der Waals surface area contributed by atoms with Gasteiger partial charge in [0.2, 0.25) is 5.91 Å². The van der Waals surface area contributed by atoms with Crippen LogP contribution in [0.25, 0.3) is 10.9 Å². The molecule has 3 aromatic rings. The predicted octanol–water partition coefficient (Wildman–Crippen LogP) is -1.34. The minimum absolute atomic E-state index is 0. The number of halogens is 3. The summed E-state index contributed by atoms with van der Waals surface area (Å²) in [6.45, 7) is 0.501. The van der Waals surface area contributed by atoms with Crippen molar-refractivity contribution >= 4 is 22.8 Å². The van der Waals surface area contributed by atoms with Crippen LogP contribution in [0, 0.1) is 0 Å². The third-order valence-electron chi connectivity index (χ3n) is 3.99. The maximum atomic E-state index is 12.1. The van der Waals surface area contributed by atoms with E-state index in [1.165, 1.54) is 0 Å². The predicted molar refractivity (Wildman–Crippen MR) is 99.3 cm³/mol. The van der Waals surface area contributed by atoms with Crippen LogP contribution in [0.2, 0.25) is 0 Å². The molecule has 0 aliphatic rings. The molecule has 0 aliphatic heterocycles. The Bertz CT molecular complexity index is 962. The molecule has 30 heavy (non-hydrogen) atoms. The zero-order valence-corrected chi connectivity index (χ0v) is 18.2. The van der Waals surface area contributed by atoms with Gasteiger partial charge in [0.1, 0.15) is 5.97 Å². The van der Waals surface area contributed by atoms with E-state index in [1.807, 2.05) is 60.8 Å². The van der Waals surface area contributed by atoms with Gasteiger partial charge in [-0.15, -0.1) is 0 Å². The van der Waals surface area contributed by atoms with Crippen LogP contribution in [-0.2, 0) is 22.6 Å². The Morgan fingerprint density at radius 2 is 1.63 bits per heavy atom. The summed E-state index contributed by atoms with van der Waals surface area (Å²) < 4.78 is 31.5. The number of aromatic nitrogens is 1.